The highest BCUT2D eigenvalue weighted by atomic mass is 19.4. The molecule has 1 fully saturated rings. The summed E-state index contributed by atoms with van der Waals surface area (Å²) in [6, 6.07) is -0.614. The molecule has 21 heavy (non-hydrogen) atoms. The maximum Gasteiger partial charge on any atom is 0.411 e. The van der Waals surface area contributed by atoms with Crippen LogP contribution in [-0.2, 0) is 14.3 Å². The van der Waals surface area contributed by atoms with Crippen molar-refractivity contribution in [3.05, 3.63) is 0 Å². The molecule has 1 aliphatic heterocycles. The number of carbonyl (C=O) groups is 2. The van der Waals surface area contributed by atoms with Crippen LogP contribution in [0.5, 0.6) is 0 Å². The van der Waals surface area contributed by atoms with Gasteiger partial charge in [0.05, 0.1) is 13.0 Å². The Bertz CT molecular complexity index is 368. The molecule has 0 radical (unpaired) electrons. The van der Waals surface area contributed by atoms with Crippen molar-refractivity contribution in [2.24, 2.45) is 0 Å². The second kappa shape index (κ2) is 7.60. The lowest BCUT2D eigenvalue weighted by atomic mass is 10.2. The number of carbonyl (C=O) groups excluding carboxylic acids is 1. The zero-order valence-electron chi connectivity index (χ0n) is 11.7. The molecule has 1 saturated heterocycles. The van der Waals surface area contributed by atoms with Crippen LogP contribution in [-0.4, -0.2) is 78.4 Å². The molecule has 6 nitrogen and oxygen atoms in total. The quantitative estimate of drug-likeness (QED) is 0.726. The Morgan fingerprint density at radius 3 is 2.29 bits per heavy atom. The SMILES string of the molecule is CC(C(=O)O)N1CCN(C(=O)CCOCC(F)(F)F)CC1. The highest BCUT2D eigenvalue weighted by molar-refractivity contribution is 5.76. The fourth-order valence-corrected chi connectivity index (χ4v) is 2.02. The molecule has 0 aromatic rings. The second-order valence-corrected chi connectivity index (χ2v) is 4.85. The van der Waals surface area contributed by atoms with Crippen molar-refractivity contribution < 1.29 is 32.6 Å². The summed E-state index contributed by atoms with van der Waals surface area (Å²) in [6.45, 7) is 1.55. The molecule has 0 saturated carbocycles. The zero-order chi connectivity index (χ0) is 16.0. The number of alkyl halides is 3. The molecule has 1 N–H and O–H groups in total. The lowest BCUT2D eigenvalue weighted by Crippen LogP contribution is -2.53. The van der Waals surface area contributed by atoms with Gasteiger partial charge in [-0.3, -0.25) is 14.5 Å². The minimum absolute atomic E-state index is 0.107. The molecule has 0 aliphatic carbocycles. The number of rotatable bonds is 6. The van der Waals surface area contributed by atoms with Crippen LogP contribution in [0, 0.1) is 0 Å². The van der Waals surface area contributed by atoms with Gasteiger partial charge < -0.3 is 14.7 Å². The topological polar surface area (TPSA) is 70.1 Å². The van der Waals surface area contributed by atoms with E-state index in [1.807, 2.05) is 0 Å². The fraction of sp³-hybridized carbons (Fsp3) is 0.833. The van der Waals surface area contributed by atoms with Gasteiger partial charge in [0.1, 0.15) is 12.6 Å². The molecule has 1 atom stereocenters. The van der Waals surface area contributed by atoms with Gasteiger partial charge in [-0.25, -0.2) is 0 Å². The number of carboxylic acid groups (broad SMARTS) is 1. The number of halogens is 3. The summed E-state index contributed by atoms with van der Waals surface area (Å²) < 4.78 is 39.9. The number of aliphatic carboxylic acids is 1. The van der Waals surface area contributed by atoms with Gasteiger partial charge >= 0.3 is 12.1 Å². The van der Waals surface area contributed by atoms with E-state index in [0.717, 1.165) is 0 Å². The van der Waals surface area contributed by atoms with Crippen LogP contribution >= 0.6 is 0 Å². The number of nitrogens with zero attached hydrogens (tertiary/aromatic N) is 2. The van der Waals surface area contributed by atoms with Gasteiger partial charge in [0, 0.05) is 26.2 Å². The molecule has 0 aromatic heterocycles. The van der Waals surface area contributed by atoms with E-state index in [9.17, 15) is 22.8 Å². The molecule has 1 rings (SSSR count). The van der Waals surface area contributed by atoms with E-state index in [1.54, 1.807) is 11.8 Å². The van der Waals surface area contributed by atoms with Crippen LogP contribution in [0.3, 0.4) is 0 Å². The first-order valence-corrected chi connectivity index (χ1v) is 6.60. The number of hydrogen-bond donors (Lipinski definition) is 1. The summed E-state index contributed by atoms with van der Waals surface area (Å²) in [5, 5.41) is 8.89. The first-order valence-electron chi connectivity index (χ1n) is 6.60. The van der Waals surface area contributed by atoms with Crippen molar-refractivity contribution in [1.29, 1.82) is 0 Å². The van der Waals surface area contributed by atoms with Crippen LogP contribution in [0.15, 0.2) is 0 Å². The van der Waals surface area contributed by atoms with Gasteiger partial charge in [-0.2, -0.15) is 13.2 Å². The van der Waals surface area contributed by atoms with Crippen molar-refractivity contribution >= 4 is 11.9 Å². The van der Waals surface area contributed by atoms with Crippen molar-refractivity contribution in [2.75, 3.05) is 39.4 Å². The summed E-state index contributed by atoms with van der Waals surface area (Å²) in [5.41, 5.74) is 0. The summed E-state index contributed by atoms with van der Waals surface area (Å²) >= 11 is 0. The lowest BCUT2D eigenvalue weighted by Gasteiger charge is -2.36. The van der Waals surface area contributed by atoms with Gasteiger partial charge in [-0.05, 0) is 6.92 Å². The van der Waals surface area contributed by atoms with Gasteiger partial charge in [-0.15, -0.1) is 0 Å². The van der Waals surface area contributed by atoms with E-state index in [4.69, 9.17) is 5.11 Å². The first-order chi connectivity index (χ1) is 9.70. The van der Waals surface area contributed by atoms with Crippen LogP contribution in [0.4, 0.5) is 13.2 Å². The molecule has 0 bridgehead atoms. The smallest absolute Gasteiger partial charge is 0.411 e. The highest BCUT2D eigenvalue weighted by Crippen LogP contribution is 2.14. The van der Waals surface area contributed by atoms with E-state index in [-0.39, 0.29) is 18.9 Å². The molecular formula is C12H19F3N2O4. The second-order valence-electron chi connectivity index (χ2n) is 4.85. The number of piperazine rings is 1. The Balaban J connectivity index is 2.24. The van der Waals surface area contributed by atoms with E-state index in [2.05, 4.69) is 4.74 Å². The Morgan fingerprint density at radius 2 is 1.81 bits per heavy atom. The van der Waals surface area contributed by atoms with E-state index in [1.165, 1.54) is 4.90 Å². The average Bonchev–Trinajstić information content (AvgIpc) is 2.41. The summed E-state index contributed by atoms with van der Waals surface area (Å²) in [5.74, 6) is -1.20. The third-order valence-electron chi connectivity index (χ3n) is 3.30. The molecular weight excluding hydrogens is 293 g/mol. The van der Waals surface area contributed by atoms with Crippen molar-refractivity contribution in [3.8, 4) is 0 Å². The van der Waals surface area contributed by atoms with Crippen molar-refractivity contribution in [2.45, 2.75) is 25.6 Å². The minimum Gasteiger partial charge on any atom is -0.480 e. The molecule has 1 heterocycles. The van der Waals surface area contributed by atoms with E-state index >= 15 is 0 Å². The number of amides is 1. The largest absolute Gasteiger partial charge is 0.480 e. The van der Waals surface area contributed by atoms with E-state index in [0.29, 0.717) is 26.2 Å². The molecule has 1 unspecified atom stereocenters. The van der Waals surface area contributed by atoms with Gasteiger partial charge in [0.2, 0.25) is 5.91 Å². The molecule has 1 aliphatic rings. The van der Waals surface area contributed by atoms with Crippen molar-refractivity contribution in [1.82, 2.24) is 9.80 Å². The molecule has 1 amide bonds. The standard InChI is InChI=1S/C12H19F3N2O4/c1-9(11(19)20)16-3-5-17(6-4-16)10(18)2-7-21-8-12(13,14)15/h9H,2-8H2,1H3,(H,19,20). The number of hydrogen-bond acceptors (Lipinski definition) is 4. The Morgan fingerprint density at radius 1 is 1.24 bits per heavy atom. The molecule has 122 valence electrons. The number of carboxylic acids is 1. The zero-order valence-corrected chi connectivity index (χ0v) is 11.7. The summed E-state index contributed by atoms with van der Waals surface area (Å²) in [6.07, 6.45) is -4.49. The fourth-order valence-electron chi connectivity index (χ4n) is 2.02. The molecule has 0 spiro atoms. The predicted molar refractivity (Wildman–Crippen MR) is 66.7 cm³/mol. The maximum absolute atomic E-state index is 11.8. The predicted octanol–water partition coefficient (Wildman–Crippen LogP) is 0.573. The average molecular weight is 312 g/mol. The van der Waals surface area contributed by atoms with Crippen LogP contribution in [0.2, 0.25) is 0 Å². The Kier molecular flexibility index (Phi) is 6.41. The van der Waals surface area contributed by atoms with Gasteiger partial charge in [-0.1, -0.05) is 0 Å². The normalized spacial score (nSPS) is 18.6. The van der Waals surface area contributed by atoms with Crippen LogP contribution in [0.1, 0.15) is 13.3 Å². The Labute approximate surface area is 120 Å². The van der Waals surface area contributed by atoms with Crippen LogP contribution < -0.4 is 0 Å². The number of ether oxygens (including phenoxy) is 1. The minimum atomic E-state index is -4.39. The molecule has 0 aromatic carbocycles. The third kappa shape index (κ3) is 6.30. The van der Waals surface area contributed by atoms with Crippen molar-refractivity contribution in [3.63, 3.8) is 0 Å². The summed E-state index contributed by atoms with van der Waals surface area (Å²) in [4.78, 5) is 25.9. The lowest BCUT2D eigenvalue weighted by molar-refractivity contribution is -0.175. The third-order valence-corrected chi connectivity index (χ3v) is 3.30. The highest BCUT2D eigenvalue weighted by Gasteiger charge is 2.29. The van der Waals surface area contributed by atoms with Gasteiger partial charge in [0.15, 0.2) is 0 Å². The monoisotopic (exact) mass is 312 g/mol. The van der Waals surface area contributed by atoms with E-state index < -0.39 is 24.8 Å². The molecule has 9 heteroatoms. The van der Waals surface area contributed by atoms with Crippen LogP contribution in [0.25, 0.3) is 0 Å². The maximum atomic E-state index is 11.8. The first kappa shape index (κ1) is 17.7. The van der Waals surface area contributed by atoms with Gasteiger partial charge in [0.25, 0.3) is 0 Å². The Hall–Kier alpha value is -1.35. The summed E-state index contributed by atoms with van der Waals surface area (Å²) in [7, 11) is 0.